The molecule has 90 valence electrons. The van der Waals surface area contributed by atoms with Crippen LogP contribution in [0.25, 0.3) is 0 Å². The number of hydrogen-bond donors (Lipinski definition) is 1. The van der Waals surface area contributed by atoms with Crippen LogP contribution in [0.3, 0.4) is 0 Å². The number of aryl methyl sites for hydroxylation is 1. The van der Waals surface area contributed by atoms with Gasteiger partial charge in [0.1, 0.15) is 11.6 Å². The minimum absolute atomic E-state index is 0.376. The zero-order chi connectivity index (χ0) is 12.3. The van der Waals surface area contributed by atoms with E-state index in [2.05, 4.69) is 10.2 Å². The van der Waals surface area contributed by atoms with Crippen LogP contribution < -0.4 is 0 Å². The van der Waals surface area contributed by atoms with Crippen molar-refractivity contribution >= 4 is 5.97 Å². The van der Waals surface area contributed by atoms with Crippen LogP contribution in [-0.2, 0) is 18.4 Å². The SMILES string of the molecule is Cc1nnc(CN(C)CC(C)C(=O)O)n1C. The Bertz CT molecular complexity index is 375. The van der Waals surface area contributed by atoms with Gasteiger partial charge in [0, 0.05) is 13.6 Å². The topological polar surface area (TPSA) is 71.2 Å². The van der Waals surface area contributed by atoms with E-state index in [4.69, 9.17) is 5.11 Å². The van der Waals surface area contributed by atoms with Gasteiger partial charge in [-0.25, -0.2) is 0 Å². The Balaban J connectivity index is 2.55. The molecule has 0 aromatic carbocycles. The van der Waals surface area contributed by atoms with E-state index in [0.29, 0.717) is 13.1 Å². The molecule has 1 rings (SSSR count). The minimum atomic E-state index is -0.777. The van der Waals surface area contributed by atoms with E-state index in [1.54, 1.807) is 6.92 Å². The molecule has 0 saturated carbocycles. The van der Waals surface area contributed by atoms with Crippen molar-refractivity contribution in [2.75, 3.05) is 13.6 Å². The summed E-state index contributed by atoms with van der Waals surface area (Å²) in [4.78, 5) is 12.6. The van der Waals surface area contributed by atoms with Crippen molar-refractivity contribution in [1.29, 1.82) is 0 Å². The van der Waals surface area contributed by atoms with Gasteiger partial charge in [0.15, 0.2) is 0 Å². The second-order valence-electron chi connectivity index (χ2n) is 4.16. The first kappa shape index (κ1) is 12.6. The predicted molar refractivity (Wildman–Crippen MR) is 58.9 cm³/mol. The smallest absolute Gasteiger partial charge is 0.307 e. The summed E-state index contributed by atoms with van der Waals surface area (Å²) in [6, 6.07) is 0. The molecular weight excluding hydrogens is 208 g/mol. The summed E-state index contributed by atoms with van der Waals surface area (Å²) in [5.41, 5.74) is 0. The Morgan fingerprint density at radius 1 is 1.56 bits per heavy atom. The van der Waals surface area contributed by atoms with Crippen LogP contribution in [0.1, 0.15) is 18.6 Å². The van der Waals surface area contributed by atoms with Crippen LogP contribution in [-0.4, -0.2) is 44.3 Å². The first-order valence-corrected chi connectivity index (χ1v) is 5.18. The largest absolute Gasteiger partial charge is 0.481 e. The number of carboxylic acids is 1. The molecule has 1 N–H and O–H groups in total. The lowest BCUT2D eigenvalue weighted by Gasteiger charge is -2.18. The maximum absolute atomic E-state index is 10.7. The number of carbonyl (C=O) groups is 1. The lowest BCUT2D eigenvalue weighted by atomic mass is 10.2. The molecule has 6 nitrogen and oxygen atoms in total. The lowest BCUT2D eigenvalue weighted by Crippen LogP contribution is -2.29. The van der Waals surface area contributed by atoms with E-state index < -0.39 is 5.97 Å². The van der Waals surface area contributed by atoms with Gasteiger partial charge in [0.25, 0.3) is 0 Å². The number of hydrogen-bond acceptors (Lipinski definition) is 4. The molecule has 16 heavy (non-hydrogen) atoms. The minimum Gasteiger partial charge on any atom is -0.481 e. The molecule has 1 aromatic rings. The summed E-state index contributed by atoms with van der Waals surface area (Å²) in [7, 11) is 3.78. The maximum atomic E-state index is 10.7. The van der Waals surface area contributed by atoms with Crippen molar-refractivity contribution in [3.05, 3.63) is 11.6 Å². The first-order chi connectivity index (χ1) is 7.41. The van der Waals surface area contributed by atoms with E-state index in [9.17, 15) is 4.79 Å². The van der Waals surface area contributed by atoms with Gasteiger partial charge in [-0.1, -0.05) is 6.92 Å². The zero-order valence-electron chi connectivity index (χ0n) is 10.1. The van der Waals surface area contributed by atoms with E-state index in [1.807, 2.05) is 30.5 Å². The predicted octanol–water partition coefficient (Wildman–Crippen LogP) is 0.276. The Kier molecular flexibility index (Phi) is 4.00. The van der Waals surface area contributed by atoms with Crippen LogP contribution in [0.2, 0.25) is 0 Å². The van der Waals surface area contributed by atoms with Gasteiger partial charge in [-0.3, -0.25) is 9.69 Å². The number of nitrogens with zero attached hydrogens (tertiary/aromatic N) is 4. The summed E-state index contributed by atoms with van der Waals surface area (Å²) < 4.78 is 1.90. The average Bonchev–Trinajstić information content (AvgIpc) is 2.49. The summed E-state index contributed by atoms with van der Waals surface area (Å²) in [6.07, 6.45) is 0. The standard InChI is InChI=1S/C10H18N4O2/c1-7(10(15)16)5-13(3)6-9-12-11-8(2)14(9)4/h7H,5-6H2,1-4H3,(H,15,16). The Morgan fingerprint density at radius 3 is 2.62 bits per heavy atom. The van der Waals surface area contributed by atoms with Crippen molar-refractivity contribution in [2.45, 2.75) is 20.4 Å². The van der Waals surface area contributed by atoms with Crippen molar-refractivity contribution < 1.29 is 9.90 Å². The highest BCUT2D eigenvalue weighted by Crippen LogP contribution is 2.04. The third-order valence-electron chi connectivity index (χ3n) is 2.60. The van der Waals surface area contributed by atoms with Gasteiger partial charge < -0.3 is 9.67 Å². The summed E-state index contributed by atoms with van der Waals surface area (Å²) in [5.74, 6) is 0.549. The molecule has 0 aliphatic heterocycles. The Hall–Kier alpha value is -1.43. The molecule has 0 aliphatic rings. The van der Waals surface area contributed by atoms with Crippen molar-refractivity contribution in [3.63, 3.8) is 0 Å². The molecule has 6 heteroatoms. The quantitative estimate of drug-likeness (QED) is 0.780. The second-order valence-corrected chi connectivity index (χ2v) is 4.16. The normalized spacial score (nSPS) is 13.1. The number of aliphatic carboxylic acids is 1. The van der Waals surface area contributed by atoms with Gasteiger partial charge in [-0.2, -0.15) is 0 Å². The van der Waals surface area contributed by atoms with Crippen LogP contribution in [0.4, 0.5) is 0 Å². The van der Waals surface area contributed by atoms with Crippen molar-refractivity contribution in [1.82, 2.24) is 19.7 Å². The van der Waals surface area contributed by atoms with Crippen LogP contribution >= 0.6 is 0 Å². The van der Waals surface area contributed by atoms with E-state index in [1.165, 1.54) is 0 Å². The fraction of sp³-hybridized carbons (Fsp3) is 0.700. The summed E-state index contributed by atoms with van der Waals surface area (Å²) >= 11 is 0. The van der Waals surface area contributed by atoms with Crippen LogP contribution in [0.5, 0.6) is 0 Å². The van der Waals surface area contributed by atoms with E-state index >= 15 is 0 Å². The Morgan fingerprint density at radius 2 is 2.19 bits per heavy atom. The second kappa shape index (κ2) is 5.07. The lowest BCUT2D eigenvalue weighted by molar-refractivity contribution is -0.141. The van der Waals surface area contributed by atoms with Crippen molar-refractivity contribution in [2.24, 2.45) is 13.0 Å². The third kappa shape index (κ3) is 3.03. The molecular formula is C10H18N4O2. The van der Waals surface area contributed by atoms with Crippen molar-refractivity contribution in [3.8, 4) is 0 Å². The average molecular weight is 226 g/mol. The molecule has 0 bridgehead atoms. The first-order valence-electron chi connectivity index (χ1n) is 5.18. The van der Waals surface area contributed by atoms with Gasteiger partial charge in [-0.15, -0.1) is 10.2 Å². The molecule has 0 saturated heterocycles. The molecule has 0 aliphatic carbocycles. The van der Waals surface area contributed by atoms with E-state index in [-0.39, 0.29) is 5.92 Å². The number of aromatic nitrogens is 3. The molecule has 0 amide bonds. The molecule has 1 unspecified atom stereocenters. The highest BCUT2D eigenvalue weighted by atomic mass is 16.4. The third-order valence-corrected chi connectivity index (χ3v) is 2.60. The van der Waals surface area contributed by atoms with Gasteiger partial charge >= 0.3 is 5.97 Å². The molecule has 1 aromatic heterocycles. The van der Waals surface area contributed by atoms with E-state index in [0.717, 1.165) is 11.6 Å². The van der Waals surface area contributed by atoms with Crippen LogP contribution in [0, 0.1) is 12.8 Å². The fourth-order valence-electron chi connectivity index (χ4n) is 1.44. The number of rotatable bonds is 5. The molecule has 0 radical (unpaired) electrons. The number of carboxylic acid groups (broad SMARTS) is 1. The van der Waals surface area contributed by atoms with Crippen LogP contribution in [0.15, 0.2) is 0 Å². The zero-order valence-corrected chi connectivity index (χ0v) is 10.1. The highest BCUT2D eigenvalue weighted by molar-refractivity contribution is 5.69. The molecule has 0 fully saturated rings. The summed E-state index contributed by atoms with van der Waals surface area (Å²) in [6.45, 7) is 4.69. The summed E-state index contributed by atoms with van der Waals surface area (Å²) in [5, 5.41) is 16.8. The van der Waals surface area contributed by atoms with Gasteiger partial charge in [0.2, 0.25) is 0 Å². The molecule has 0 spiro atoms. The maximum Gasteiger partial charge on any atom is 0.307 e. The van der Waals surface area contributed by atoms with Gasteiger partial charge in [0.05, 0.1) is 12.5 Å². The molecule has 1 heterocycles. The Labute approximate surface area is 94.9 Å². The van der Waals surface area contributed by atoms with Gasteiger partial charge in [-0.05, 0) is 14.0 Å². The molecule has 1 atom stereocenters. The monoisotopic (exact) mass is 226 g/mol. The highest BCUT2D eigenvalue weighted by Gasteiger charge is 2.15. The fourth-order valence-corrected chi connectivity index (χ4v) is 1.44.